The molecular formula is C13H13FN2O4. The summed E-state index contributed by atoms with van der Waals surface area (Å²) in [6.45, 7) is 0.00964. The van der Waals surface area contributed by atoms with E-state index in [-0.39, 0.29) is 24.2 Å². The number of halogens is 1. The van der Waals surface area contributed by atoms with Crippen LogP contribution in [0.4, 0.5) is 10.1 Å². The number of methoxy groups -OCH3 is 1. The number of carbonyl (C=O) groups is 3. The molecule has 1 unspecified atom stereocenters. The minimum Gasteiger partial charge on any atom is -0.465 e. The van der Waals surface area contributed by atoms with E-state index < -0.39 is 29.5 Å². The van der Waals surface area contributed by atoms with Gasteiger partial charge in [-0.25, -0.2) is 9.18 Å². The zero-order valence-electron chi connectivity index (χ0n) is 10.8. The zero-order chi connectivity index (χ0) is 14.9. The van der Waals surface area contributed by atoms with Crippen LogP contribution in [0.25, 0.3) is 0 Å². The van der Waals surface area contributed by atoms with Gasteiger partial charge in [0.25, 0.3) is 0 Å². The number of hydrogen-bond acceptors (Lipinski definition) is 4. The number of nitrogens with two attached hydrogens (primary N) is 1. The van der Waals surface area contributed by atoms with Gasteiger partial charge in [0.05, 0.1) is 24.3 Å². The van der Waals surface area contributed by atoms with Crippen LogP contribution in [0.1, 0.15) is 16.8 Å². The van der Waals surface area contributed by atoms with Crippen molar-refractivity contribution in [1.29, 1.82) is 0 Å². The molecule has 2 N–H and O–H groups in total. The molecule has 0 aromatic heterocycles. The van der Waals surface area contributed by atoms with Gasteiger partial charge in [0.1, 0.15) is 5.82 Å². The molecule has 106 valence electrons. The summed E-state index contributed by atoms with van der Waals surface area (Å²) in [6, 6.07) is 3.56. The summed E-state index contributed by atoms with van der Waals surface area (Å²) in [6.07, 6.45) is -0.0583. The SMILES string of the molecule is COC(=O)c1ccc(F)c(N2CC(C(N)=O)CC2=O)c1. The Balaban J connectivity index is 2.35. The maximum absolute atomic E-state index is 13.8. The molecule has 0 spiro atoms. The number of hydrogen-bond donors (Lipinski definition) is 1. The van der Waals surface area contributed by atoms with E-state index in [1.54, 1.807) is 0 Å². The van der Waals surface area contributed by atoms with Crippen molar-refractivity contribution in [2.75, 3.05) is 18.6 Å². The van der Waals surface area contributed by atoms with E-state index in [9.17, 15) is 18.8 Å². The number of ether oxygens (including phenoxy) is 1. The standard InChI is InChI=1S/C13H13FN2O4/c1-20-13(19)7-2-3-9(14)10(4-7)16-6-8(12(15)18)5-11(16)17/h2-4,8H,5-6H2,1H3,(H2,15,18). The maximum atomic E-state index is 13.8. The molecule has 7 heteroatoms. The molecule has 20 heavy (non-hydrogen) atoms. The first-order valence-electron chi connectivity index (χ1n) is 5.91. The van der Waals surface area contributed by atoms with Crippen molar-refractivity contribution in [1.82, 2.24) is 0 Å². The Hall–Kier alpha value is -2.44. The highest BCUT2D eigenvalue weighted by molar-refractivity contribution is 6.01. The van der Waals surface area contributed by atoms with Crippen LogP contribution >= 0.6 is 0 Å². The molecular weight excluding hydrogens is 267 g/mol. The van der Waals surface area contributed by atoms with Crippen LogP contribution in [-0.2, 0) is 14.3 Å². The lowest BCUT2D eigenvalue weighted by Crippen LogP contribution is -2.29. The Bertz CT molecular complexity index is 588. The third-order valence-electron chi connectivity index (χ3n) is 3.19. The van der Waals surface area contributed by atoms with Crippen LogP contribution < -0.4 is 10.6 Å². The van der Waals surface area contributed by atoms with Crippen LogP contribution in [0.2, 0.25) is 0 Å². The summed E-state index contributed by atoms with van der Waals surface area (Å²) in [5.74, 6) is -2.95. The molecule has 2 amide bonds. The highest BCUT2D eigenvalue weighted by atomic mass is 19.1. The highest BCUT2D eigenvalue weighted by Gasteiger charge is 2.35. The number of nitrogens with zero attached hydrogens (tertiary/aromatic N) is 1. The summed E-state index contributed by atoms with van der Waals surface area (Å²) in [7, 11) is 1.20. The number of esters is 1. The molecule has 0 aliphatic carbocycles. The van der Waals surface area contributed by atoms with E-state index in [0.29, 0.717) is 0 Å². The quantitative estimate of drug-likeness (QED) is 0.814. The van der Waals surface area contributed by atoms with Crippen molar-refractivity contribution in [3.63, 3.8) is 0 Å². The van der Waals surface area contributed by atoms with Gasteiger partial charge in [-0.05, 0) is 18.2 Å². The van der Waals surface area contributed by atoms with Gasteiger partial charge in [-0.2, -0.15) is 0 Å². The molecule has 1 aliphatic heterocycles. The predicted molar refractivity (Wildman–Crippen MR) is 67.4 cm³/mol. The lowest BCUT2D eigenvalue weighted by Gasteiger charge is -2.17. The Morgan fingerprint density at radius 3 is 2.70 bits per heavy atom. The molecule has 2 rings (SSSR count). The monoisotopic (exact) mass is 280 g/mol. The molecule has 1 saturated heterocycles. The van der Waals surface area contributed by atoms with Crippen LogP contribution in [-0.4, -0.2) is 31.4 Å². The first-order chi connectivity index (χ1) is 9.43. The molecule has 1 aromatic rings. The van der Waals surface area contributed by atoms with Crippen molar-refractivity contribution in [2.24, 2.45) is 11.7 Å². The number of amides is 2. The van der Waals surface area contributed by atoms with E-state index >= 15 is 0 Å². The first-order valence-corrected chi connectivity index (χ1v) is 5.91. The Morgan fingerprint density at radius 1 is 1.45 bits per heavy atom. The van der Waals surface area contributed by atoms with Gasteiger partial charge >= 0.3 is 5.97 Å². The fourth-order valence-corrected chi connectivity index (χ4v) is 2.10. The van der Waals surface area contributed by atoms with Gasteiger partial charge in [-0.1, -0.05) is 0 Å². The van der Waals surface area contributed by atoms with Crippen molar-refractivity contribution in [2.45, 2.75) is 6.42 Å². The van der Waals surface area contributed by atoms with Gasteiger partial charge in [0, 0.05) is 13.0 Å². The average molecular weight is 280 g/mol. The Labute approximate surface area is 114 Å². The second-order valence-electron chi connectivity index (χ2n) is 4.47. The Kier molecular flexibility index (Phi) is 3.69. The fourth-order valence-electron chi connectivity index (χ4n) is 2.10. The third-order valence-corrected chi connectivity index (χ3v) is 3.19. The minimum atomic E-state index is -0.656. The number of anilines is 1. The number of rotatable bonds is 3. The van der Waals surface area contributed by atoms with Crippen molar-refractivity contribution < 1.29 is 23.5 Å². The molecule has 1 atom stereocenters. The molecule has 6 nitrogen and oxygen atoms in total. The van der Waals surface area contributed by atoms with Crippen LogP contribution in [0.15, 0.2) is 18.2 Å². The van der Waals surface area contributed by atoms with Gasteiger partial charge in [0.15, 0.2) is 0 Å². The Morgan fingerprint density at radius 2 is 2.15 bits per heavy atom. The molecule has 0 bridgehead atoms. The van der Waals surface area contributed by atoms with E-state index in [0.717, 1.165) is 11.0 Å². The molecule has 1 fully saturated rings. The second-order valence-corrected chi connectivity index (χ2v) is 4.47. The molecule has 1 heterocycles. The largest absolute Gasteiger partial charge is 0.465 e. The summed E-state index contributed by atoms with van der Waals surface area (Å²) >= 11 is 0. The summed E-state index contributed by atoms with van der Waals surface area (Å²) in [5, 5.41) is 0. The first kappa shape index (κ1) is 14.0. The van der Waals surface area contributed by atoms with Crippen LogP contribution in [0, 0.1) is 11.7 Å². The summed E-state index contributed by atoms with van der Waals surface area (Å²) in [5.41, 5.74) is 5.22. The number of carbonyl (C=O) groups excluding carboxylic acids is 3. The van der Waals surface area contributed by atoms with Crippen molar-refractivity contribution >= 4 is 23.5 Å². The van der Waals surface area contributed by atoms with Gasteiger partial charge < -0.3 is 15.4 Å². The van der Waals surface area contributed by atoms with Gasteiger partial charge in [-0.15, -0.1) is 0 Å². The lowest BCUT2D eigenvalue weighted by atomic mass is 10.1. The fraction of sp³-hybridized carbons (Fsp3) is 0.308. The average Bonchev–Trinajstić information content (AvgIpc) is 2.80. The van der Waals surface area contributed by atoms with Gasteiger partial charge in [-0.3, -0.25) is 9.59 Å². The topological polar surface area (TPSA) is 89.7 Å². The van der Waals surface area contributed by atoms with Gasteiger partial charge in [0.2, 0.25) is 11.8 Å². The highest BCUT2D eigenvalue weighted by Crippen LogP contribution is 2.28. The van der Waals surface area contributed by atoms with E-state index in [4.69, 9.17) is 5.73 Å². The predicted octanol–water partition coefficient (Wildman–Crippen LogP) is 0.450. The minimum absolute atomic E-state index is 0.00964. The summed E-state index contributed by atoms with van der Waals surface area (Å²) < 4.78 is 18.4. The molecule has 1 aliphatic rings. The molecule has 0 saturated carbocycles. The van der Waals surface area contributed by atoms with Crippen LogP contribution in [0.5, 0.6) is 0 Å². The van der Waals surface area contributed by atoms with Crippen molar-refractivity contribution in [3.05, 3.63) is 29.6 Å². The smallest absolute Gasteiger partial charge is 0.337 e. The van der Waals surface area contributed by atoms with E-state index in [1.807, 2.05) is 0 Å². The molecule has 1 aromatic carbocycles. The zero-order valence-corrected chi connectivity index (χ0v) is 10.8. The van der Waals surface area contributed by atoms with E-state index in [1.165, 1.54) is 19.2 Å². The van der Waals surface area contributed by atoms with Crippen LogP contribution in [0.3, 0.4) is 0 Å². The second kappa shape index (κ2) is 5.28. The molecule has 0 radical (unpaired) electrons. The lowest BCUT2D eigenvalue weighted by molar-refractivity contribution is -0.123. The van der Waals surface area contributed by atoms with E-state index in [2.05, 4.69) is 4.74 Å². The van der Waals surface area contributed by atoms with Crippen molar-refractivity contribution in [3.8, 4) is 0 Å². The normalized spacial score (nSPS) is 18.2. The maximum Gasteiger partial charge on any atom is 0.337 e. The third kappa shape index (κ3) is 2.47. The summed E-state index contributed by atoms with van der Waals surface area (Å²) in [4.78, 5) is 35.5. The number of primary amides is 1. The number of benzene rings is 1.